The van der Waals surface area contributed by atoms with Crippen LogP contribution in [0.1, 0.15) is 31.2 Å². The van der Waals surface area contributed by atoms with Crippen molar-refractivity contribution < 1.29 is 9.53 Å². The molecule has 1 spiro atoms. The first kappa shape index (κ1) is 12.6. The Kier molecular flexibility index (Phi) is 3.27. The van der Waals surface area contributed by atoms with Gasteiger partial charge in [-0.25, -0.2) is 4.98 Å². The number of methoxy groups -OCH3 is 1. The van der Waals surface area contributed by atoms with E-state index in [0.717, 1.165) is 18.4 Å². The minimum Gasteiger partial charge on any atom is -0.384 e. The van der Waals surface area contributed by atoms with Gasteiger partial charge in [0.25, 0.3) is 0 Å². The topological polar surface area (TPSA) is 51.2 Å². The minimum atomic E-state index is 0.149. The molecular formula is C15H20N2O2. The smallest absolute Gasteiger partial charge is 0.229 e. The van der Waals surface area contributed by atoms with Gasteiger partial charge in [-0.3, -0.25) is 4.79 Å². The van der Waals surface area contributed by atoms with Crippen LogP contribution in [0.5, 0.6) is 0 Å². The number of aromatic nitrogens is 1. The molecule has 2 aliphatic rings. The molecule has 2 fully saturated rings. The van der Waals surface area contributed by atoms with E-state index in [0.29, 0.717) is 17.8 Å². The molecule has 102 valence electrons. The number of carbonyl (C=O) groups excluding carboxylic acids is 1. The summed E-state index contributed by atoms with van der Waals surface area (Å²) in [5.41, 5.74) is 1.51. The zero-order valence-corrected chi connectivity index (χ0v) is 11.3. The maximum Gasteiger partial charge on any atom is 0.229 e. The van der Waals surface area contributed by atoms with E-state index < -0.39 is 0 Å². The number of ether oxygens (including phenoxy) is 1. The number of rotatable bonds is 5. The zero-order chi connectivity index (χ0) is 13.3. The third-order valence-corrected chi connectivity index (χ3v) is 4.53. The van der Waals surface area contributed by atoms with Crippen LogP contribution in [0.4, 0.5) is 5.82 Å². The Morgan fingerprint density at radius 3 is 3.05 bits per heavy atom. The fourth-order valence-corrected chi connectivity index (χ4v) is 3.03. The van der Waals surface area contributed by atoms with Crippen LogP contribution in [0, 0.1) is 11.3 Å². The number of pyridine rings is 1. The lowest BCUT2D eigenvalue weighted by molar-refractivity contribution is -0.118. The highest BCUT2D eigenvalue weighted by atomic mass is 16.5. The summed E-state index contributed by atoms with van der Waals surface area (Å²) in [6.45, 7) is 0.684. The summed E-state index contributed by atoms with van der Waals surface area (Å²) in [6, 6.07) is 3.89. The lowest BCUT2D eigenvalue weighted by atomic mass is 9.80. The van der Waals surface area contributed by atoms with Gasteiger partial charge in [-0.05, 0) is 48.8 Å². The van der Waals surface area contributed by atoms with Gasteiger partial charge in [0.15, 0.2) is 0 Å². The lowest BCUT2D eigenvalue weighted by Crippen LogP contribution is -2.23. The van der Waals surface area contributed by atoms with Crippen molar-refractivity contribution >= 4 is 11.7 Å². The number of hydrogen-bond donors (Lipinski definition) is 1. The van der Waals surface area contributed by atoms with Gasteiger partial charge in [0.2, 0.25) is 5.91 Å². The van der Waals surface area contributed by atoms with Gasteiger partial charge in [-0.1, -0.05) is 6.42 Å². The highest BCUT2D eigenvalue weighted by molar-refractivity contribution is 5.94. The van der Waals surface area contributed by atoms with Crippen molar-refractivity contribution in [1.82, 2.24) is 4.98 Å². The lowest BCUT2D eigenvalue weighted by Gasteiger charge is -2.26. The van der Waals surface area contributed by atoms with Crippen molar-refractivity contribution in [3.63, 3.8) is 0 Å². The van der Waals surface area contributed by atoms with Gasteiger partial charge in [-0.2, -0.15) is 0 Å². The summed E-state index contributed by atoms with van der Waals surface area (Å²) in [4.78, 5) is 16.3. The highest BCUT2D eigenvalue weighted by Gasteiger charge is 2.60. The molecule has 1 unspecified atom stereocenters. The Hall–Kier alpha value is -1.42. The summed E-state index contributed by atoms with van der Waals surface area (Å²) in [5, 5.41) is 2.95. The molecule has 2 saturated carbocycles. The van der Waals surface area contributed by atoms with E-state index in [-0.39, 0.29) is 11.8 Å². The molecule has 2 aliphatic carbocycles. The van der Waals surface area contributed by atoms with Crippen molar-refractivity contribution in [1.29, 1.82) is 0 Å². The largest absolute Gasteiger partial charge is 0.384 e. The van der Waals surface area contributed by atoms with Crippen LogP contribution in [-0.4, -0.2) is 24.6 Å². The molecule has 4 heteroatoms. The molecule has 1 aromatic heterocycles. The van der Waals surface area contributed by atoms with E-state index in [1.807, 2.05) is 12.1 Å². The fourth-order valence-electron chi connectivity index (χ4n) is 3.03. The molecule has 1 aromatic rings. The molecule has 1 amide bonds. The van der Waals surface area contributed by atoms with Crippen LogP contribution in [-0.2, 0) is 16.0 Å². The van der Waals surface area contributed by atoms with Gasteiger partial charge in [0, 0.05) is 19.2 Å². The van der Waals surface area contributed by atoms with E-state index in [4.69, 9.17) is 4.74 Å². The van der Waals surface area contributed by atoms with Crippen molar-refractivity contribution in [2.45, 2.75) is 32.1 Å². The van der Waals surface area contributed by atoms with Crippen LogP contribution in [0.3, 0.4) is 0 Å². The predicted molar refractivity (Wildman–Crippen MR) is 72.8 cm³/mol. The maximum atomic E-state index is 12.1. The van der Waals surface area contributed by atoms with Gasteiger partial charge >= 0.3 is 0 Å². The van der Waals surface area contributed by atoms with Gasteiger partial charge in [-0.15, -0.1) is 0 Å². The Balaban J connectivity index is 1.58. The van der Waals surface area contributed by atoms with Gasteiger partial charge < -0.3 is 10.1 Å². The molecule has 0 aliphatic heterocycles. The summed E-state index contributed by atoms with van der Waals surface area (Å²) in [5.74, 6) is 1.04. The Labute approximate surface area is 113 Å². The Bertz CT molecular complexity index is 483. The first-order valence-corrected chi connectivity index (χ1v) is 6.98. The van der Waals surface area contributed by atoms with Crippen LogP contribution in [0.25, 0.3) is 0 Å². The third kappa shape index (κ3) is 2.50. The summed E-state index contributed by atoms with van der Waals surface area (Å²) >= 11 is 0. The number of amides is 1. The standard InChI is InChI=1S/C15H20N2O2/c1-19-8-4-11-3-7-16-13(9-11)17-14(18)12-10-15(12)5-2-6-15/h3,7,9,12H,2,4-6,8,10H2,1H3,(H,16,17,18). The molecular weight excluding hydrogens is 240 g/mol. The molecule has 1 atom stereocenters. The highest BCUT2D eigenvalue weighted by Crippen LogP contribution is 2.65. The molecule has 0 aromatic carbocycles. The average molecular weight is 260 g/mol. The molecule has 0 bridgehead atoms. The first-order chi connectivity index (χ1) is 9.23. The number of carbonyl (C=O) groups is 1. The zero-order valence-electron chi connectivity index (χ0n) is 11.3. The first-order valence-electron chi connectivity index (χ1n) is 6.98. The quantitative estimate of drug-likeness (QED) is 0.884. The number of hydrogen-bond acceptors (Lipinski definition) is 3. The van der Waals surface area contributed by atoms with E-state index in [9.17, 15) is 4.79 Å². The van der Waals surface area contributed by atoms with Crippen LogP contribution < -0.4 is 5.32 Å². The molecule has 0 radical (unpaired) electrons. The molecule has 3 rings (SSSR count). The fraction of sp³-hybridized carbons (Fsp3) is 0.600. The minimum absolute atomic E-state index is 0.149. The van der Waals surface area contributed by atoms with E-state index in [2.05, 4.69) is 10.3 Å². The van der Waals surface area contributed by atoms with Crippen LogP contribution >= 0.6 is 0 Å². The number of nitrogens with one attached hydrogen (secondary N) is 1. The predicted octanol–water partition coefficient (Wildman–Crippen LogP) is 2.40. The van der Waals surface area contributed by atoms with Gasteiger partial charge in [0.1, 0.15) is 5.82 Å². The van der Waals surface area contributed by atoms with Gasteiger partial charge in [0.05, 0.1) is 6.61 Å². The van der Waals surface area contributed by atoms with E-state index in [1.165, 1.54) is 19.3 Å². The summed E-state index contributed by atoms with van der Waals surface area (Å²) in [7, 11) is 1.69. The Morgan fingerprint density at radius 2 is 2.42 bits per heavy atom. The van der Waals surface area contributed by atoms with Crippen LogP contribution in [0.15, 0.2) is 18.3 Å². The van der Waals surface area contributed by atoms with Crippen molar-refractivity contribution in [3.8, 4) is 0 Å². The molecule has 4 nitrogen and oxygen atoms in total. The monoisotopic (exact) mass is 260 g/mol. The van der Waals surface area contributed by atoms with E-state index in [1.54, 1.807) is 13.3 Å². The molecule has 1 N–H and O–H groups in total. The average Bonchev–Trinajstić information content (AvgIpc) is 3.12. The molecule has 1 heterocycles. The van der Waals surface area contributed by atoms with Crippen molar-refractivity contribution in [2.24, 2.45) is 11.3 Å². The second-order valence-electron chi connectivity index (χ2n) is 5.75. The van der Waals surface area contributed by atoms with Crippen molar-refractivity contribution in [3.05, 3.63) is 23.9 Å². The van der Waals surface area contributed by atoms with Crippen molar-refractivity contribution in [2.75, 3.05) is 19.0 Å². The SMILES string of the molecule is COCCc1ccnc(NC(=O)C2CC23CCC3)c1. The number of anilines is 1. The molecule has 0 saturated heterocycles. The van der Waals surface area contributed by atoms with Crippen LogP contribution in [0.2, 0.25) is 0 Å². The summed E-state index contributed by atoms with van der Waals surface area (Å²) in [6.07, 6.45) is 7.40. The van der Waals surface area contributed by atoms with E-state index >= 15 is 0 Å². The summed E-state index contributed by atoms with van der Waals surface area (Å²) < 4.78 is 5.06. The molecule has 19 heavy (non-hydrogen) atoms. The second-order valence-corrected chi connectivity index (χ2v) is 5.75. The second kappa shape index (κ2) is 4.93. The number of nitrogens with zero attached hydrogens (tertiary/aromatic N) is 1. The Morgan fingerprint density at radius 1 is 1.58 bits per heavy atom. The third-order valence-electron chi connectivity index (χ3n) is 4.53. The maximum absolute atomic E-state index is 12.1. The normalized spacial score (nSPS) is 22.9.